The number of urea groups is 1. The Hall–Kier alpha value is -2.63. The van der Waals surface area contributed by atoms with Crippen molar-refractivity contribution in [2.75, 3.05) is 6.54 Å². The van der Waals surface area contributed by atoms with Crippen molar-refractivity contribution in [2.45, 2.75) is 6.54 Å². The molecule has 0 fully saturated rings. The zero-order chi connectivity index (χ0) is 13.5. The largest absolute Gasteiger partial charge is 0.335 e. The molecule has 2 heterocycles. The summed E-state index contributed by atoms with van der Waals surface area (Å²) in [6.45, 7) is 4.40. The summed E-state index contributed by atoms with van der Waals surface area (Å²) in [5.41, 5.74) is 0.921. The number of nitrogens with one attached hydrogen (secondary N) is 2. The van der Waals surface area contributed by atoms with E-state index in [1.165, 1.54) is 0 Å². The molecular weight excluding hydrogens is 242 g/mol. The van der Waals surface area contributed by atoms with Crippen molar-refractivity contribution in [1.82, 2.24) is 25.4 Å². The van der Waals surface area contributed by atoms with Crippen LogP contribution in [0.15, 0.2) is 49.4 Å². The van der Waals surface area contributed by atoms with Crippen molar-refractivity contribution in [2.24, 2.45) is 0 Å². The first-order valence-corrected chi connectivity index (χ1v) is 5.87. The van der Waals surface area contributed by atoms with Crippen LogP contribution in [0, 0.1) is 0 Å². The van der Waals surface area contributed by atoms with Gasteiger partial charge in [-0.2, -0.15) is 5.10 Å². The number of carbonyl (C=O) groups is 1. The van der Waals surface area contributed by atoms with Crippen molar-refractivity contribution in [1.29, 1.82) is 0 Å². The fourth-order valence-corrected chi connectivity index (χ4v) is 1.47. The molecule has 0 aliphatic rings. The highest BCUT2D eigenvalue weighted by atomic mass is 16.2. The number of rotatable bonds is 5. The van der Waals surface area contributed by atoms with Crippen molar-refractivity contribution >= 4 is 6.03 Å². The van der Waals surface area contributed by atoms with Crippen LogP contribution in [-0.2, 0) is 6.54 Å². The molecule has 2 amide bonds. The topological polar surface area (TPSA) is 71.8 Å². The van der Waals surface area contributed by atoms with E-state index < -0.39 is 0 Å². The second-order valence-corrected chi connectivity index (χ2v) is 3.83. The Balaban J connectivity index is 1.89. The summed E-state index contributed by atoms with van der Waals surface area (Å²) in [5.74, 6) is 0.741. The highest BCUT2D eigenvalue weighted by Gasteiger charge is 2.01. The third-order valence-corrected chi connectivity index (χ3v) is 2.41. The Kier molecular flexibility index (Phi) is 4.28. The summed E-state index contributed by atoms with van der Waals surface area (Å²) >= 11 is 0. The molecule has 0 saturated heterocycles. The van der Waals surface area contributed by atoms with Gasteiger partial charge in [0, 0.05) is 31.7 Å². The van der Waals surface area contributed by atoms with Crippen LogP contribution in [0.5, 0.6) is 0 Å². The SMILES string of the molecule is C=CCNC(=O)NCc1ccc(-n2cccn2)nc1. The van der Waals surface area contributed by atoms with E-state index in [1.54, 1.807) is 23.2 Å². The first-order valence-electron chi connectivity index (χ1n) is 5.87. The van der Waals surface area contributed by atoms with Gasteiger partial charge in [0.1, 0.15) is 0 Å². The molecule has 2 aromatic rings. The van der Waals surface area contributed by atoms with Gasteiger partial charge in [0.2, 0.25) is 0 Å². The highest BCUT2D eigenvalue weighted by molar-refractivity contribution is 5.73. The van der Waals surface area contributed by atoms with E-state index in [2.05, 4.69) is 27.3 Å². The standard InChI is InChI=1S/C13H15N5O/c1-2-6-14-13(19)16-10-11-4-5-12(15-9-11)18-8-3-7-17-18/h2-5,7-9H,1,6,10H2,(H2,14,16,19). The van der Waals surface area contributed by atoms with Gasteiger partial charge in [-0.3, -0.25) is 0 Å². The Bertz CT molecular complexity index is 533. The van der Waals surface area contributed by atoms with Crippen LogP contribution in [0.3, 0.4) is 0 Å². The predicted octanol–water partition coefficient (Wildman–Crippen LogP) is 1.25. The normalized spacial score (nSPS) is 9.89. The lowest BCUT2D eigenvalue weighted by atomic mass is 10.3. The molecule has 2 rings (SSSR count). The smallest absolute Gasteiger partial charge is 0.315 e. The van der Waals surface area contributed by atoms with Crippen molar-refractivity contribution < 1.29 is 4.79 Å². The van der Waals surface area contributed by atoms with Crippen LogP contribution < -0.4 is 10.6 Å². The van der Waals surface area contributed by atoms with Crippen LogP contribution in [-0.4, -0.2) is 27.3 Å². The number of nitrogens with zero attached hydrogens (tertiary/aromatic N) is 3. The molecule has 0 aromatic carbocycles. The van der Waals surface area contributed by atoms with Crippen LogP contribution in [0.25, 0.3) is 5.82 Å². The van der Waals surface area contributed by atoms with Gasteiger partial charge >= 0.3 is 6.03 Å². The quantitative estimate of drug-likeness (QED) is 0.792. The van der Waals surface area contributed by atoms with Crippen LogP contribution in [0.4, 0.5) is 4.79 Å². The van der Waals surface area contributed by atoms with Gasteiger partial charge in [-0.1, -0.05) is 12.1 Å². The van der Waals surface area contributed by atoms with Gasteiger partial charge in [-0.25, -0.2) is 14.5 Å². The van der Waals surface area contributed by atoms with E-state index in [-0.39, 0.29) is 6.03 Å². The lowest BCUT2D eigenvalue weighted by Gasteiger charge is -2.06. The maximum absolute atomic E-state index is 11.3. The number of amides is 2. The summed E-state index contributed by atoms with van der Waals surface area (Å²) in [5, 5.41) is 9.45. The molecule has 0 aliphatic heterocycles. The molecule has 98 valence electrons. The lowest BCUT2D eigenvalue weighted by Crippen LogP contribution is -2.34. The Labute approximate surface area is 111 Å². The molecule has 0 bridgehead atoms. The van der Waals surface area contributed by atoms with Gasteiger partial charge in [0.05, 0.1) is 0 Å². The van der Waals surface area contributed by atoms with E-state index in [9.17, 15) is 4.79 Å². The van der Waals surface area contributed by atoms with Crippen molar-refractivity contribution in [3.05, 3.63) is 55.0 Å². The Morgan fingerprint density at radius 1 is 1.42 bits per heavy atom. The van der Waals surface area contributed by atoms with E-state index in [1.807, 2.05) is 24.4 Å². The first kappa shape index (κ1) is 12.8. The molecule has 6 heteroatoms. The molecule has 6 nitrogen and oxygen atoms in total. The summed E-state index contributed by atoms with van der Waals surface area (Å²) < 4.78 is 1.67. The zero-order valence-corrected chi connectivity index (χ0v) is 10.4. The third kappa shape index (κ3) is 3.67. The predicted molar refractivity (Wildman–Crippen MR) is 71.8 cm³/mol. The summed E-state index contributed by atoms with van der Waals surface area (Å²) in [7, 11) is 0. The third-order valence-electron chi connectivity index (χ3n) is 2.41. The maximum Gasteiger partial charge on any atom is 0.315 e. The number of aromatic nitrogens is 3. The lowest BCUT2D eigenvalue weighted by molar-refractivity contribution is 0.241. The van der Waals surface area contributed by atoms with E-state index >= 15 is 0 Å². The maximum atomic E-state index is 11.3. The van der Waals surface area contributed by atoms with Gasteiger partial charge in [0.25, 0.3) is 0 Å². The van der Waals surface area contributed by atoms with Gasteiger partial charge in [0.15, 0.2) is 5.82 Å². The van der Waals surface area contributed by atoms with E-state index in [0.717, 1.165) is 11.4 Å². The number of hydrogen-bond donors (Lipinski definition) is 2. The molecule has 0 aliphatic carbocycles. The summed E-state index contributed by atoms with van der Waals surface area (Å²) in [6, 6.07) is 5.36. The molecule has 0 atom stereocenters. The minimum atomic E-state index is -0.226. The molecule has 0 saturated carbocycles. The summed E-state index contributed by atoms with van der Waals surface area (Å²) in [4.78, 5) is 15.6. The first-order chi connectivity index (χ1) is 9.29. The second kappa shape index (κ2) is 6.34. The molecule has 0 unspecified atom stereocenters. The fourth-order valence-electron chi connectivity index (χ4n) is 1.47. The monoisotopic (exact) mass is 257 g/mol. The molecule has 0 spiro atoms. The fraction of sp³-hybridized carbons (Fsp3) is 0.154. The van der Waals surface area contributed by atoms with Gasteiger partial charge in [-0.05, 0) is 17.7 Å². The average Bonchev–Trinajstić information content (AvgIpc) is 2.97. The number of hydrogen-bond acceptors (Lipinski definition) is 3. The van der Waals surface area contributed by atoms with Crippen molar-refractivity contribution in [3.63, 3.8) is 0 Å². The highest BCUT2D eigenvalue weighted by Crippen LogP contribution is 2.04. The van der Waals surface area contributed by atoms with Gasteiger partial charge in [-0.15, -0.1) is 6.58 Å². The summed E-state index contributed by atoms with van der Waals surface area (Å²) in [6.07, 6.45) is 6.86. The molecule has 19 heavy (non-hydrogen) atoms. The van der Waals surface area contributed by atoms with Crippen LogP contribution >= 0.6 is 0 Å². The molecule has 2 aromatic heterocycles. The Morgan fingerprint density at radius 3 is 2.95 bits per heavy atom. The minimum absolute atomic E-state index is 0.226. The molecular formula is C13H15N5O. The Morgan fingerprint density at radius 2 is 2.32 bits per heavy atom. The molecule has 0 radical (unpaired) electrons. The average molecular weight is 257 g/mol. The minimum Gasteiger partial charge on any atom is -0.335 e. The number of pyridine rings is 1. The molecule has 2 N–H and O–H groups in total. The van der Waals surface area contributed by atoms with Gasteiger partial charge < -0.3 is 10.6 Å². The van der Waals surface area contributed by atoms with Crippen LogP contribution in [0.2, 0.25) is 0 Å². The zero-order valence-electron chi connectivity index (χ0n) is 10.4. The number of carbonyl (C=O) groups excluding carboxylic acids is 1. The van der Waals surface area contributed by atoms with E-state index in [0.29, 0.717) is 13.1 Å². The van der Waals surface area contributed by atoms with Crippen molar-refractivity contribution in [3.8, 4) is 5.82 Å². The second-order valence-electron chi connectivity index (χ2n) is 3.83. The van der Waals surface area contributed by atoms with Crippen LogP contribution in [0.1, 0.15) is 5.56 Å². The van der Waals surface area contributed by atoms with E-state index in [4.69, 9.17) is 0 Å².